The lowest BCUT2D eigenvalue weighted by Gasteiger charge is -2.04. The highest BCUT2D eigenvalue weighted by Gasteiger charge is 2.02. The predicted octanol–water partition coefficient (Wildman–Crippen LogP) is 7.45. The van der Waals surface area contributed by atoms with Crippen LogP contribution in [0.1, 0.15) is 128 Å². The smallest absolute Gasteiger partial charge is 0.309 e. The van der Waals surface area contributed by atoms with Gasteiger partial charge >= 0.3 is 11.9 Å². The van der Waals surface area contributed by atoms with E-state index in [1.807, 2.05) is 0 Å². The zero-order chi connectivity index (χ0) is 23.0. The molecule has 0 aromatic carbocycles. The summed E-state index contributed by atoms with van der Waals surface area (Å²) in [6, 6.07) is 0. The maximum absolute atomic E-state index is 11.7. The molecule has 0 aliphatic carbocycles. The van der Waals surface area contributed by atoms with Crippen LogP contribution in [0.2, 0.25) is 0 Å². The van der Waals surface area contributed by atoms with E-state index in [1.165, 1.54) is 77.0 Å². The predicted molar refractivity (Wildman–Crippen MR) is 131 cm³/mol. The van der Waals surface area contributed by atoms with Gasteiger partial charge in [0, 0.05) is 12.8 Å². The molecule has 0 radical (unpaired) electrons. The first-order chi connectivity index (χ1) is 15.8. The molecule has 0 N–H and O–H groups in total. The van der Waals surface area contributed by atoms with Gasteiger partial charge in [0.05, 0.1) is 26.1 Å². The molecule has 1 aliphatic rings. The number of cyclic esters (lactones) is 2. The van der Waals surface area contributed by atoms with Gasteiger partial charge in [0.25, 0.3) is 0 Å². The molecule has 0 saturated heterocycles. The molecule has 0 aromatic rings. The van der Waals surface area contributed by atoms with Crippen LogP contribution in [0.3, 0.4) is 0 Å². The van der Waals surface area contributed by atoms with Crippen molar-refractivity contribution in [3.8, 4) is 11.8 Å². The molecule has 0 bridgehead atoms. The standard InChI is InChI=1S/C28H46O4/c29-27-23-19-20-24-28(30)32-26-22-18-16-14-12-10-8-6-4-2-1-3-5-7-9-11-13-15-17-21-25-31-27/h19-20H,3-18,21-26H2. The Labute approximate surface area is 196 Å². The highest BCUT2D eigenvalue weighted by atomic mass is 16.5. The molecule has 1 heterocycles. The number of carbonyl (C=O) groups excluding carboxylic acids is 2. The van der Waals surface area contributed by atoms with Crippen molar-refractivity contribution < 1.29 is 19.1 Å². The van der Waals surface area contributed by atoms with Crippen molar-refractivity contribution in [1.82, 2.24) is 0 Å². The molecule has 0 saturated carbocycles. The van der Waals surface area contributed by atoms with Crippen molar-refractivity contribution in [2.45, 2.75) is 128 Å². The summed E-state index contributed by atoms with van der Waals surface area (Å²) in [6.07, 6.45) is 25.2. The molecule has 1 rings (SSSR count). The summed E-state index contributed by atoms with van der Waals surface area (Å²) < 4.78 is 10.5. The highest BCUT2D eigenvalue weighted by molar-refractivity contribution is 5.73. The SMILES string of the molecule is O=C1CC=CCC(=O)OCCCCCCCCCCC#CCCCCCCCCCCO1. The normalized spacial score (nSPS) is 21.4. The molecule has 0 spiro atoms. The lowest BCUT2D eigenvalue weighted by molar-refractivity contribution is -0.144. The number of esters is 2. The summed E-state index contributed by atoms with van der Waals surface area (Å²) in [7, 11) is 0. The number of carbonyl (C=O) groups is 2. The molecule has 4 heteroatoms. The number of rotatable bonds is 0. The first-order valence-corrected chi connectivity index (χ1v) is 13.2. The number of hydrogen-bond donors (Lipinski definition) is 0. The van der Waals surface area contributed by atoms with Crippen LogP contribution in [0, 0.1) is 11.8 Å². The molecule has 182 valence electrons. The van der Waals surface area contributed by atoms with Gasteiger partial charge in [0.15, 0.2) is 0 Å². The van der Waals surface area contributed by atoms with Gasteiger partial charge in [-0.25, -0.2) is 0 Å². The lowest BCUT2D eigenvalue weighted by atomic mass is 10.1. The summed E-state index contributed by atoms with van der Waals surface area (Å²) in [5, 5.41) is 0. The van der Waals surface area contributed by atoms with Gasteiger partial charge in [-0.2, -0.15) is 0 Å². The first-order valence-electron chi connectivity index (χ1n) is 13.2. The molecular formula is C28H46O4. The zero-order valence-electron chi connectivity index (χ0n) is 20.3. The molecule has 4 nitrogen and oxygen atoms in total. The second kappa shape index (κ2) is 22.4. The van der Waals surface area contributed by atoms with Crippen molar-refractivity contribution >= 4 is 11.9 Å². The lowest BCUT2D eigenvalue weighted by Crippen LogP contribution is -2.05. The van der Waals surface area contributed by atoms with Crippen LogP contribution in [0.25, 0.3) is 0 Å². The fraction of sp³-hybridized carbons (Fsp3) is 0.786. The van der Waals surface area contributed by atoms with Gasteiger partial charge in [-0.3, -0.25) is 9.59 Å². The topological polar surface area (TPSA) is 52.6 Å². The Balaban J connectivity index is 2.21. The van der Waals surface area contributed by atoms with E-state index in [9.17, 15) is 9.59 Å². The van der Waals surface area contributed by atoms with Crippen LogP contribution < -0.4 is 0 Å². The number of ether oxygens (including phenoxy) is 2. The second-order valence-corrected chi connectivity index (χ2v) is 8.83. The van der Waals surface area contributed by atoms with E-state index < -0.39 is 0 Å². The fourth-order valence-electron chi connectivity index (χ4n) is 3.78. The van der Waals surface area contributed by atoms with Gasteiger partial charge in [-0.15, -0.1) is 11.8 Å². The van der Waals surface area contributed by atoms with Gasteiger partial charge in [-0.05, 0) is 25.7 Å². The van der Waals surface area contributed by atoms with Crippen molar-refractivity contribution in [1.29, 1.82) is 0 Å². The van der Waals surface area contributed by atoms with Crippen LogP contribution in [0.5, 0.6) is 0 Å². The Hall–Kier alpha value is -1.76. The third-order valence-electron chi connectivity index (χ3n) is 5.78. The van der Waals surface area contributed by atoms with Crippen LogP contribution in [-0.4, -0.2) is 25.2 Å². The molecule has 0 aromatic heterocycles. The fourth-order valence-corrected chi connectivity index (χ4v) is 3.78. The molecule has 0 amide bonds. The van der Waals surface area contributed by atoms with Crippen molar-refractivity contribution in [2.24, 2.45) is 0 Å². The van der Waals surface area contributed by atoms with Crippen molar-refractivity contribution in [3.05, 3.63) is 12.2 Å². The Morgan fingerprint density at radius 2 is 0.781 bits per heavy atom. The molecule has 1 aliphatic heterocycles. The third-order valence-corrected chi connectivity index (χ3v) is 5.78. The van der Waals surface area contributed by atoms with Gasteiger partial charge in [-0.1, -0.05) is 89.2 Å². The molecule has 0 atom stereocenters. The van der Waals surface area contributed by atoms with E-state index in [2.05, 4.69) is 11.8 Å². The third kappa shape index (κ3) is 20.2. The minimum atomic E-state index is -0.225. The van der Waals surface area contributed by atoms with E-state index >= 15 is 0 Å². The van der Waals surface area contributed by atoms with E-state index in [4.69, 9.17) is 9.47 Å². The van der Waals surface area contributed by atoms with E-state index in [-0.39, 0.29) is 24.8 Å². The Kier molecular flexibility index (Phi) is 19.8. The van der Waals surface area contributed by atoms with Crippen molar-refractivity contribution in [2.75, 3.05) is 13.2 Å². The minimum Gasteiger partial charge on any atom is -0.465 e. The summed E-state index contributed by atoms with van der Waals surface area (Å²) in [6.45, 7) is 0.987. The zero-order valence-corrected chi connectivity index (χ0v) is 20.3. The van der Waals surface area contributed by atoms with Crippen LogP contribution in [0.15, 0.2) is 12.2 Å². The average molecular weight is 447 g/mol. The molecule has 0 unspecified atom stereocenters. The molecule has 32 heavy (non-hydrogen) atoms. The maximum Gasteiger partial charge on any atom is 0.309 e. The van der Waals surface area contributed by atoms with Crippen LogP contribution in [0.4, 0.5) is 0 Å². The minimum absolute atomic E-state index is 0.220. The van der Waals surface area contributed by atoms with E-state index in [0.29, 0.717) is 13.2 Å². The largest absolute Gasteiger partial charge is 0.465 e. The average Bonchev–Trinajstić information content (AvgIpc) is 2.79. The molecule has 0 fully saturated rings. The van der Waals surface area contributed by atoms with Crippen LogP contribution in [-0.2, 0) is 19.1 Å². The van der Waals surface area contributed by atoms with E-state index in [0.717, 1.165) is 38.5 Å². The summed E-state index contributed by atoms with van der Waals surface area (Å²) in [4.78, 5) is 23.4. The summed E-state index contributed by atoms with van der Waals surface area (Å²) in [5.41, 5.74) is 0. The van der Waals surface area contributed by atoms with Crippen LogP contribution >= 0.6 is 0 Å². The maximum atomic E-state index is 11.7. The van der Waals surface area contributed by atoms with E-state index in [1.54, 1.807) is 12.2 Å². The summed E-state index contributed by atoms with van der Waals surface area (Å²) >= 11 is 0. The summed E-state index contributed by atoms with van der Waals surface area (Å²) in [5.74, 6) is 6.23. The van der Waals surface area contributed by atoms with Gasteiger partial charge in [0.1, 0.15) is 0 Å². The quantitative estimate of drug-likeness (QED) is 0.220. The first kappa shape index (κ1) is 28.3. The number of hydrogen-bond acceptors (Lipinski definition) is 4. The van der Waals surface area contributed by atoms with Gasteiger partial charge in [0.2, 0.25) is 0 Å². The van der Waals surface area contributed by atoms with Crippen molar-refractivity contribution in [3.63, 3.8) is 0 Å². The van der Waals surface area contributed by atoms with Gasteiger partial charge < -0.3 is 9.47 Å². The second-order valence-electron chi connectivity index (χ2n) is 8.83. The Morgan fingerprint density at radius 1 is 0.469 bits per heavy atom. The monoisotopic (exact) mass is 446 g/mol. The Bertz CT molecular complexity index is 510. The highest BCUT2D eigenvalue weighted by Crippen LogP contribution is 2.11. The Morgan fingerprint density at radius 3 is 1.16 bits per heavy atom. The molecular weight excluding hydrogens is 400 g/mol.